The van der Waals surface area contributed by atoms with Crippen molar-refractivity contribution in [3.63, 3.8) is 0 Å². The van der Waals surface area contributed by atoms with E-state index in [1.807, 2.05) is 54.8 Å². The van der Waals surface area contributed by atoms with E-state index >= 15 is 0 Å². The second kappa shape index (κ2) is 9.60. The number of nitrogens with zero attached hydrogens (tertiary/aromatic N) is 2. The van der Waals surface area contributed by atoms with Crippen LogP contribution < -0.4 is 10.1 Å². The summed E-state index contributed by atoms with van der Waals surface area (Å²) in [7, 11) is 1.60. The molecule has 1 aromatic heterocycles. The van der Waals surface area contributed by atoms with Gasteiger partial charge in [0.2, 0.25) is 0 Å². The van der Waals surface area contributed by atoms with Gasteiger partial charge in [-0.1, -0.05) is 12.1 Å². The Balaban J connectivity index is 2.30. The van der Waals surface area contributed by atoms with Gasteiger partial charge < -0.3 is 19.4 Å². The van der Waals surface area contributed by atoms with E-state index in [-0.39, 0.29) is 11.6 Å². The van der Waals surface area contributed by atoms with Gasteiger partial charge in [-0.25, -0.2) is 4.79 Å². The van der Waals surface area contributed by atoms with Gasteiger partial charge in [-0.2, -0.15) is 5.26 Å². The number of rotatable bonds is 7. The Morgan fingerprint density at radius 2 is 1.97 bits per heavy atom. The van der Waals surface area contributed by atoms with E-state index in [4.69, 9.17) is 9.47 Å². The number of ether oxygens (including phenoxy) is 2. The largest absolute Gasteiger partial charge is 0.495 e. The molecule has 0 fully saturated rings. The van der Waals surface area contributed by atoms with Crippen LogP contribution in [0.25, 0.3) is 11.8 Å². The molecule has 7 heteroatoms. The van der Waals surface area contributed by atoms with Crippen molar-refractivity contribution < 1.29 is 19.1 Å². The fourth-order valence-corrected chi connectivity index (χ4v) is 2.98. The summed E-state index contributed by atoms with van der Waals surface area (Å²) in [4.78, 5) is 23.9. The smallest absolute Gasteiger partial charge is 0.349 e. The third kappa shape index (κ3) is 5.26. The predicted molar refractivity (Wildman–Crippen MR) is 110 cm³/mol. The number of nitrogens with one attached hydrogen (secondary N) is 1. The molecule has 0 aliphatic rings. The number of aromatic nitrogens is 1. The van der Waals surface area contributed by atoms with Gasteiger partial charge in [0.25, 0.3) is 5.91 Å². The van der Waals surface area contributed by atoms with Crippen LogP contribution >= 0.6 is 0 Å². The van der Waals surface area contributed by atoms with E-state index in [0.29, 0.717) is 11.3 Å². The molecule has 7 nitrogen and oxygen atoms in total. The van der Waals surface area contributed by atoms with Crippen LogP contribution in [-0.2, 0) is 14.3 Å². The average Bonchev–Trinajstić information content (AvgIpc) is 2.96. The second-order valence-electron chi connectivity index (χ2n) is 6.80. The van der Waals surface area contributed by atoms with Crippen molar-refractivity contribution in [3.05, 3.63) is 52.9 Å². The summed E-state index contributed by atoms with van der Waals surface area (Å²) in [5.74, 6) is -0.547. The fraction of sp³-hybridized carbons (Fsp3) is 0.318. The quantitative estimate of drug-likeness (QED) is 0.442. The lowest BCUT2D eigenvalue weighted by Crippen LogP contribution is -2.34. The Morgan fingerprint density at radius 1 is 1.28 bits per heavy atom. The molecule has 0 atom stereocenters. The van der Waals surface area contributed by atoms with E-state index < -0.39 is 18.5 Å². The summed E-state index contributed by atoms with van der Waals surface area (Å²) < 4.78 is 12.4. The van der Waals surface area contributed by atoms with Crippen LogP contribution in [0, 0.1) is 25.2 Å². The SMILES string of the molecule is COc1ccccc1-n1c(C)cc(/C=C(\C#N)C(=O)OCC(=O)NC(C)C)c1C. The number of carbonyl (C=O) groups is 2. The molecule has 152 valence electrons. The summed E-state index contributed by atoms with van der Waals surface area (Å²) in [6.45, 7) is 6.99. The van der Waals surface area contributed by atoms with Gasteiger partial charge >= 0.3 is 5.97 Å². The first-order chi connectivity index (χ1) is 13.8. The normalized spacial score (nSPS) is 11.1. The van der Waals surface area contributed by atoms with Crippen LogP contribution in [0.15, 0.2) is 35.9 Å². The number of esters is 1. The number of hydrogen-bond donors (Lipinski definition) is 1. The molecule has 1 heterocycles. The Bertz CT molecular complexity index is 980. The summed E-state index contributed by atoms with van der Waals surface area (Å²) in [6, 6.07) is 11.3. The molecule has 0 unspecified atom stereocenters. The van der Waals surface area contributed by atoms with E-state index in [1.54, 1.807) is 21.0 Å². The van der Waals surface area contributed by atoms with Crippen molar-refractivity contribution in [1.29, 1.82) is 5.26 Å². The highest BCUT2D eigenvalue weighted by Gasteiger charge is 2.17. The third-order valence-corrected chi connectivity index (χ3v) is 4.22. The zero-order chi connectivity index (χ0) is 21.6. The van der Waals surface area contributed by atoms with E-state index in [1.165, 1.54) is 6.08 Å². The number of para-hydroxylation sites is 2. The van der Waals surface area contributed by atoms with Crippen LogP contribution in [0.2, 0.25) is 0 Å². The number of nitriles is 1. The van der Waals surface area contributed by atoms with Crippen LogP contribution in [-0.4, -0.2) is 36.2 Å². The van der Waals surface area contributed by atoms with Crippen molar-refractivity contribution in [2.45, 2.75) is 33.7 Å². The number of amides is 1. The van der Waals surface area contributed by atoms with Gasteiger partial charge in [0.05, 0.1) is 12.8 Å². The minimum absolute atomic E-state index is 0.0625. The van der Waals surface area contributed by atoms with Gasteiger partial charge in [-0.3, -0.25) is 4.79 Å². The number of hydrogen-bond acceptors (Lipinski definition) is 5. The number of benzene rings is 1. The highest BCUT2D eigenvalue weighted by atomic mass is 16.5. The molecule has 2 aromatic rings. The molecule has 0 bridgehead atoms. The molecule has 0 saturated carbocycles. The fourth-order valence-electron chi connectivity index (χ4n) is 2.98. The van der Waals surface area contributed by atoms with Crippen molar-refractivity contribution in [2.75, 3.05) is 13.7 Å². The maximum absolute atomic E-state index is 12.2. The molecule has 0 aliphatic carbocycles. The Morgan fingerprint density at radius 3 is 2.59 bits per heavy atom. The molecule has 0 aliphatic heterocycles. The molecule has 29 heavy (non-hydrogen) atoms. The maximum Gasteiger partial charge on any atom is 0.349 e. The van der Waals surface area contributed by atoms with Crippen molar-refractivity contribution in [3.8, 4) is 17.5 Å². The molecule has 0 saturated heterocycles. The second-order valence-corrected chi connectivity index (χ2v) is 6.80. The zero-order valence-electron chi connectivity index (χ0n) is 17.3. The first kappa shape index (κ1) is 21.8. The van der Waals surface area contributed by atoms with Crippen LogP contribution in [0.5, 0.6) is 5.75 Å². The van der Waals surface area contributed by atoms with Crippen molar-refractivity contribution in [2.24, 2.45) is 0 Å². The summed E-state index contributed by atoms with van der Waals surface area (Å²) in [5.41, 5.74) is 3.14. The first-order valence-electron chi connectivity index (χ1n) is 9.19. The highest BCUT2D eigenvalue weighted by molar-refractivity contribution is 5.99. The lowest BCUT2D eigenvalue weighted by atomic mass is 10.1. The van der Waals surface area contributed by atoms with Crippen molar-refractivity contribution >= 4 is 18.0 Å². The highest BCUT2D eigenvalue weighted by Crippen LogP contribution is 2.28. The lowest BCUT2D eigenvalue weighted by Gasteiger charge is -2.13. The van der Waals surface area contributed by atoms with E-state index in [0.717, 1.165) is 17.1 Å². The molecular weight excluding hydrogens is 370 g/mol. The van der Waals surface area contributed by atoms with Gasteiger partial charge in [-0.15, -0.1) is 0 Å². The van der Waals surface area contributed by atoms with E-state index in [2.05, 4.69) is 5.32 Å². The monoisotopic (exact) mass is 395 g/mol. The molecule has 1 aromatic carbocycles. The lowest BCUT2D eigenvalue weighted by molar-refractivity contribution is -0.144. The molecule has 1 amide bonds. The molecule has 1 N–H and O–H groups in total. The number of carbonyl (C=O) groups excluding carboxylic acids is 2. The average molecular weight is 395 g/mol. The third-order valence-electron chi connectivity index (χ3n) is 4.22. The van der Waals surface area contributed by atoms with Crippen LogP contribution in [0.1, 0.15) is 30.8 Å². The number of methoxy groups -OCH3 is 1. The maximum atomic E-state index is 12.2. The van der Waals surface area contributed by atoms with Gasteiger partial charge in [0.1, 0.15) is 17.4 Å². The summed E-state index contributed by atoms with van der Waals surface area (Å²) in [5, 5.41) is 12.0. The molecule has 0 spiro atoms. The first-order valence-corrected chi connectivity index (χ1v) is 9.19. The topological polar surface area (TPSA) is 93.3 Å². The molecule has 2 rings (SSSR count). The molecule has 0 radical (unpaired) electrons. The molecular formula is C22H25N3O4. The minimum atomic E-state index is -0.839. The van der Waals surface area contributed by atoms with Crippen LogP contribution in [0.3, 0.4) is 0 Å². The number of aryl methyl sites for hydroxylation is 1. The standard InChI is InChI=1S/C22H25N3O4/c1-14(2)24-21(26)13-29-22(27)18(12-23)11-17-10-15(3)25(16(17)4)19-8-6-7-9-20(19)28-5/h6-11,14H,13H2,1-5H3,(H,24,26)/b18-11+. The Labute approximate surface area is 170 Å². The van der Waals surface area contributed by atoms with Gasteiger partial charge in [-0.05, 0) is 57.5 Å². The zero-order valence-corrected chi connectivity index (χ0v) is 17.3. The van der Waals surface area contributed by atoms with Crippen molar-refractivity contribution in [1.82, 2.24) is 9.88 Å². The Kier molecular flexibility index (Phi) is 7.21. The van der Waals surface area contributed by atoms with Crippen LogP contribution in [0.4, 0.5) is 0 Å². The van der Waals surface area contributed by atoms with E-state index in [9.17, 15) is 14.9 Å². The summed E-state index contributed by atoms with van der Waals surface area (Å²) >= 11 is 0. The van der Waals surface area contributed by atoms with Gasteiger partial charge in [0.15, 0.2) is 6.61 Å². The minimum Gasteiger partial charge on any atom is -0.495 e. The Hall–Kier alpha value is -3.53. The predicted octanol–water partition coefficient (Wildman–Crippen LogP) is 3.08. The van der Waals surface area contributed by atoms with Gasteiger partial charge in [0, 0.05) is 17.4 Å². The summed E-state index contributed by atoms with van der Waals surface area (Å²) in [6.07, 6.45) is 1.47.